The first-order valence-corrected chi connectivity index (χ1v) is 9.84. The lowest BCUT2D eigenvalue weighted by atomic mass is 10.1. The maximum atomic E-state index is 11.1. The van der Waals surface area contributed by atoms with Crippen LogP contribution >= 0.6 is 34.4 Å². The Morgan fingerprint density at radius 2 is 2.22 bits per heavy atom. The minimum absolute atomic E-state index is 0.00268. The molecule has 0 unspecified atom stereocenters. The molecule has 1 amide bonds. The van der Waals surface area contributed by atoms with E-state index in [2.05, 4.69) is 31.1 Å². The molecule has 5 nitrogen and oxygen atoms in total. The van der Waals surface area contributed by atoms with E-state index in [0.29, 0.717) is 17.2 Å². The highest BCUT2D eigenvalue weighted by Gasteiger charge is 2.14. The summed E-state index contributed by atoms with van der Waals surface area (Å²) < 4.78 is 0.906. The van der Waals surface area contributed by atoms with E-state index in [1.54, 1.807) is 6.07 Å². The fourth-order valence-corrected chi connectivity index (χ4v) is 4.37. The molecule has 0 aliphatic heterocycles. The maximum Gasteiger partial charge on any atom is 0.258 e. The van der Waals surface area contributed by atoms with E-state index in [1.807, 2.05) is 11.4 Å². The zero-order chi connectivity index (χ0) is 17.0. The number of hydrogen-bond acceptors (Lipinski definition) is 7. The lowest BCUT2D eigenvalue weighted by molar-refractivity contribution is 0.100. The maximum absolute atomic E-state index is 11.1. The number of nitrogens with zero attached hydrogens (tertiary/aromatic N) is 1. The van der Waals surface area contributed by atoms with E-state index in [1.165, 1.54) is 34.4 Å². The first kappa shape index (κ1) is 18.4. The summed E-state index contributed by atoms with van der Waals surface area (Å²) in [5.41, 5.74) is 6.11. The number of carbonyl (C=O) groups excluding carboxylic acids is 1. The highest BCUT2D eigenvalue weighted by atomic mass is 32.2. The molecular weight excluding hydrogens is 350 g/mol. The molecule has 23 heavy (non-hydrogen) atoms. The molecule has 0 aliphatic rings. The summed E-state index contributed by atoms with van der Waals surface area (Å²) in [6, 6.07) is 3.58. The standard InChI is InChI=1S/C15H21N3O2S3/c1-15(2,3)17-6-9(19)7-21-14-18-10(8-22-14)11-4-5-12(23-11)13(16)20/h4-5,8-9,17,19H,6-7H2,1-3H3,(H2,16,20)/t9-/m0/s1. The van der Waals surface area contributed by atoms with Crippen molar-refractivity contribution in [1.82, 2.24) is 10.3 Å². The van der Waals surface area contributed by atoms with Gasteiger partial charge in [-0.3, -0.25) is 4.79 Å². The largest absolute Gasteiger partial charge is 0.391 e. The van der Waals surface area contributed by atoms with Crippen LogP contribution in [0.25, 0.3) is 10.6 Å². The van der Waals surface area contributed by atoms with Gasteiger partial charge in [-0.1, -0.05) is 11.8 Å². The van der Waals surface area contributed by atoms with Crippen LogP contribution in [-0.2, 0) is 0 Å². The number of thiophene rings is 1. The van der Waals surface area contributed by atoms with E-state index >= 15 is 0 Å². The molecule has 2 heterocycles. The zero-order valence-electron chi connectivity index (χ0n) is 13.3. The van der Waals surface area contributed by atoms with Crippen LogP contribution in [0, 0.1) is 0 Å². The number of hydrogen-bond donors (Lipinski definition) is 3. The van der Waals surface area contributed by atoms with Gasteiger partial charge in [0.15, 0.2) is 4.34 Å². The normalized spacial score (nSPS) is 13.2. The molecule has 0 aliphatic carbocycles. The number of aliphatic hydroxyl groups is 1. The number of aliphatic hydroxyl groups excluding tert-OH is 1. The van der Waals surface area contributed by atoms with E-state index < -0.39 is 12.0 Å². The molecule has 0 radical (unpaired) electrons. The van der Waals surface area contributed by atoms with Crippen molar-refractivity contribution in [2.45, 2.75) is 36.8 Å². The van der Waals surface area contributed by atoms with Crippen molar-refractivity contribution in [3.05, 3.63) is 22.4 Å². The molecule has 8 heteroatoms. The molecule has 2 rings (SSSR count). The second-order valence-corrected chi connectivity index (χ2v) is 9.33. The fraction of sp³-hybridized carbons (Fsp3) is 0.467. The van der Waals surface area contributed by atoms with Gasteiger partial charge in [-0.25, -0.2) is 4.98 Å². The summed E-state index contributed by atoms with van der Waals surface area (Å²) in [5, 5.41) is 15.2. The molecule has 0 aromatic carbocycles. The topological polar surface area (TPSA) is 88.2 Å². The minimum atomic E-state index is -0.422. The molecule has 0 saturated heterocycles. The number of primary amides is 1. The average Bonchev–Trinajstić information content (AvgIpc) is 3.10. The van der Waals surface area contributed by atoms with Crippen molar-refractivity contribution >= 4 is 40.3 Å². The molecule has 1 atom stereocenters. The number of aromatic nitrogens is 1. The van der Waals surface area contributed by atoms with Crippen molar-refractivity contribution < 1.29 is 9.90 Å². The van der Waals surface area contributed by atoms with Gasteiger partial charge in [0.1, 0.15) is 0 Å². The number of rotatable bonds is 7. The van der Waals surface area contributed by atoms with Gasteiger partial charge in [-0.15, -0.1) is 22.7 Å². The van der Waals surface area contributed by atoms with E-state index in [9.17, 15) is 9.90 Å². The number of thioether (sulfide) groups is 1. The predicted octanol–water partition coefficient (Wildman–Crippen LogP) is 2.81. The first-order chi connectivity index (χ1) is 10.7. The molecule has 126 valence electrons. The van der Waals surface area contributed by atoms with E-state index in [4.69, 9.17) is 5.73 Å². The molecule has 0 bridgehead atoms. The van der Waals surface area contributed by atoms with Gasteiger partial charge in [-0.05, 0) is 32.9 Å². The Balaban J connectivity index is 1.88. The monoisotopic (exact) mass is 371 g/mol. The van der Waals surface area contributed by atoms with Crippen LogP contribution in [0.5, 0.6) is 0 Å². The SMILES string of the molecule is CC(C)(C)NC[C@H](O)CSc1nc(-c2ccc(C(N)=O)s2)cs1. The Bertz CT molecular complexity index is 661. The number of nitrogens with one attached hydrogen (secondary N) is 1. The van der Waals surface area contributed by atoms with Gasteiger partial charge in [-0.2, -0.15) is 0 Å². The summed E-state index contributed by atoms with van der Waals surface area (Å²) in [6.45, 7) is 6.77. The van der Waals surface area contributed by atoms with Crippen LogP contribution in [0.2, 0.25) is 0 Å². The van der Waals surface area contributed by atoms with Crippen molar-refractivity contribution in [3.63, 3.8) is 0 Å². The Labute approximate surface area is 148 Å². The van der Waals surface area contributed by atoms with Crippen LogP contribution < -0.4 is 11.1 Å². The quantitative estimate of drug-likeness (QED) is 0.651. The van der Waals surface area contributed by atoms with Crippen LogP contribution in [0.1, 0.15) is 30.4 Å². The minimum Gasteiger partial charge on any atom is -0.391 e. The van der Waals surface area contributed by atoms with Crippen molar-refractivity contribution in [2.24, 2.45) is 5.73 Å². The summed E-state index contributed by atoms with van der Waals surface area (Å²) >= 11 is 4.42. The van der Waals surface area contributed by atoms with Gasteiger partial charge >= 0.3 is 0 Å². The van der Waals surface area contributed by atoms with E-state index in [0.717, 1.165) is 14.9 Å². The van der Waals surface area contributed by atoms with Gasteiger partial charge in [0.25, 0.3) is 5.91 Å². The second-order valence-electron chi connectivity index (χ2n) is 6.12. The van der Waals surface area contributed by atoms with Crippen LogP contribution in [0.3, 0.4) is 0 Å². The highest BCUT2D eigenvalue weighted by Crippen LogP contribution is 2.32. The molecule has 2 aromatic rings. The predicted molar refractivity (Wildman–Crippen MR) is 98.4 cm³/mol. The number of β-amino-alcohol motifs (C(OH)–C–C–N with tert-alkyl or cyclic N) is 1. The first-order valence-electron chi connectivity index (χ1n) is 7.16. The summed E-state index contributed by atoms with van der Waals surface area (Å²) in [6.07, 6.45) is -0.422. The van der Waals surface area contributed by atoms with Crippen LogP contribution in [-0.4, -0.2) is 39.9 Å². The van der Waals surface area contributed by atoms with Gasteiger partial charge < -0.3 is 16.2 Å². The Morgan fingerprint density at radius 3 is 2.83 bits per heavy atom. The lowest BCUT2D eigenvalue weighted by Gasteiger charge is -2.22. The van der Waals surface area contributed by atoms with Gasteiger partial charge in [0.2, 0.25) is 0 Å². The van der Waals surface area contributed by atoms with Crippen molar-refractivity contribution in [2.75, 3.05) is 12.3 Å². The average molecular weight is 372 g/mol. The number of thiazole rings is 1. The summed E-state index contributed by atoms with van der Waals surface area (Å²) in [4.78, 5) is 17.1. The van der Waals surface area contributed by atoms with Gasteiger partial charge in [0, 0.05) is 23.2 Å². The van der Waals surface area contributed by atoms with Crippen LogP contribution in [0.15, 0.2) is 21.9 Å². The number of amides is 1. The van der Waals surface area contributed by atoms with Crippen molar-refractivity contribution in [1.29, 1.82) is 0 Å². The third kappa shape index (κ3) is 5.89. The Kier molecular flexibility index (Phi) is 6.21. The molecule has 0 saturated carbocycles. The molecule has 0 spiro atoms. The Hall–Kier alpha value is -0.930. The second kappa shape index (κ2) is 7.76. The molecule has 0 fully saturated rings. The smallest absolute Gasteiger partial charge is 0.258 e. The Morgan fingerprint density at radius 1 is 1.48 bits per heavy atom. The van der Waals surface area contributed by atoms with Crippen molar-refractivity contribution in [3.8, 4) is 10.6 Å². The van der Waals surface area contributed by atoms with Gasteiger partial charge in [0.05, 0.1) is 21.6 Å². The lowest BCUT2D eigenvalue weighted by Crippen LogP contribution is -2.41. The highest BCUT2D eigenvalue weighted by molar-refractivity contribution is 8.01. The molecular formula is C15H21N3O2S3. The third-order valence-electron chi connectivity index (χ3n) is 2.85. The molecule has 2 aromatic heterocycles. The number of carbonyl (C=O) groups is 1. The summed E-state index contributed by atoms with van der Waals surface area (Å²) in [7, 11) is 0. The fourth-order valence-electron chi connectivity index (χ4n) is 1.70. The third-order valence-corrected chi connectivity index (χ3v) is 6.14. The van der Waals surface area contributed by atoms with Crippen LogP contribution in [0.4, 0.5) is 0 Å². The molecule has 4 N–H and O–H groups in total. The zero-order valence-corrected chi connectivity index (χ0v) is 15.8. The van der Waals surface area contributed by atoms with E-state index in [-0.39, 0.29) is 5.54 Å². The summed E-state index contributed by atoms with van der Waals surface area (Å²) in [5.74, 6) is 0.174. The number of nitrogens with two attached hydrogens (primary N) is 1.